The van der Waals surface area contributed by atoms with E-state index in [4.69, 9.17) is 35.4 Å². The van der Waals surface area contributed by atoms with Crippen molar-refractivity contribution in [3.05, 3.63) is 69.7 Å². The highest BCUT2D eigenvalue weighted by molar-refractivity contribution is 7.80. The molecule has 2 unspecified atom stereocenters. The highest BCUT2D eigenvalue weighted by Crippen LogP contribution is 2.22. The van der Waals surface area contributed by atoms with E-state index in [0.29, 0.717) is 15.2 Å². The van der Waals surface area contributed by atoms with Crippen molar-refractivity contribution in [3.63, 3.8) is 0 Å². The molecule has 2 atom stereocenters. The summed E-state index contributed by atoms with van der Waals surface area (Å²) in [5, 5.41) is 11.9. The number of nitrogens with one attached hydrogen (secondary N) is 3. The van der Waals surface area contributed by atoms with E-state index >= 15 is 0 Å². The highest BCUT2D eigenvalue weighted by atomic mass is 35.5. The number of rotatable bonds is 2. The molecule has 0 aromatic heterocycles. The van der Waals surface area contributed by atoms with Crippen molar-refractivity contribution < 1.29 is 0 Å². The van der Waals surface area contributed by atoms with Crippen molar-refractivity contribution in [2.45, 2.75) is 12.3 Å². The van der Waals surface area contributed by atoms with Crippen LogP contribution < -0.4 is 16.0 Å². The molecular formula is C15H13Cl2N3S. The van der Waals surface area contributed by atoms with Gasteiger partial charge in [0.15, 0.2) is 5.11 Å². The number of halogens is 2. The Labute approximate surface area is 138 Å². The fourth-order valence-electron chi connectivity index (χ4n) is 2.22. The Hall–Kier alpha value is -1.33. The molecule has 0 amide bonds. The van der Waals surface area contributed by atoms with Crippen LogP contribution in [0.3, 0.4) is 0 Å². The van der Waals surface area contributed by atoms with Crippen molar-refractivity contribution in [1.82, 2.24) is 16.0 Å². The predicted molar refractivity (Wildman–Crippen MR) is 90.4 cm³/mol. The van der Waals surface area contributed by atoms with Crippen LogP contribution in [0.1, 0.15) is 23.5 Å². The van der Waals surface area contributed by atoms with E-state index < -0.39 is 0 Å². The first-order valence-corrected chi connectivity index (χ1v) is 7.62. The minimum absolute atomic E-state index is 0.0725. The zero-order chi connectivity index (χ0) is 14.8. The average molecular weight is 338 g/mol. The minimum Gasteiger partial charge on any atom is -0.343 e. The monoisotopic (exact) mass is 337 g/mol. The van der Waals surface area contributed by atoms with Crippen LogP contribution in [0.15, 0.2) is 48.5 Å². The lowest BCUT2D eigenvalue weighted by molar-refractivity contribution is 0.368. The zero-order valence-electron chi connectivity index (χ0n) is 10.9. The van der Waals surface area contributed by atoms with E-state index in [2.05, 4.69) is 16.0 Å². The fourth-order valence-corrected chi connectivity index (χ4v) is 2.71. The maximum absolute atomic E-state index is 5.93. The summed E-state index contributed by atoms with van der Waals surface area (Å²) >= 11 is 17.2. The summed E-state index contributed by atoms with van der Waals surface area (Å²) in [6, 6.07) is 15.3. The molecule has 3 rings (SSSR count). The summed E-state index contributed by atoms with van der Waals surface area (Å²) in [7, 11) is 0. The maximum atomic E-state index is 5.93. The van der Waals surface area contributed by atoms with Gasteiger partial charge in [0.1, 0.15) is 12.3 Å². The normalized spacial score (nSPS) is 21.5. The van der Waals surface area contributed by atoms with Gasteiger partial charge in [0.25, 0.3) is 0 Å². The topological polar surface area (TPSA) is 36.1 Å². The Morgan fingerprint density at radius 2 is 1.10 bits per heavy atom. The van der Waals surface area contributed by atoms with Crippen molar-refractivity contribution in [3.8, 4) is 0 Å². The van der Waals surface area contributed by atoms with Crippen LogP contribution in [0.25, 0.3) is 0 Å². The van der Waals surface area contributed by atoms with Crippen LogP contribution >= 0.6 is 35.4 Å². The Balaban J connectivity index is 1.82. The van der Waals surface area contributed by atoms with E-state index in [1.165, 1.54) is 0 Å². The van der Waals surface area contributed by atoms with Crippen LogP contribution in [-0.2, 0) is 0 Å². The third-order valence-electron chi connectivity index (χ3n) is 3.29. The average Bonchev–Trinajstić information content (AvgIpc) is 2.48. The van der Waals surface area contributed by atoms with Gasteiger partial charge in [-0.15, -0.1) is 0 Å². The quantitative estimate of drug-likeness (QED) is 0.729. The van der Waals surface area contributed by atoms with E-state index in [1.807, 2.05) is 48.5 Å². The third kappa shape index (κ3) is 3.47. The molecule has 1 aliphatic heterocycles. The molecule has 1 aliphatic rings. The largest absolute Gasteiger partial charge is 0.343 e. The van der Waals surface area contributed by atoms with E-state index in [1.54, 1.807) is 0 Å². The molecule has 2 aromatic rings. The Morgan fingerprint density at radius 1 is 0.714 bits per heavy atom. The van der Waals surface area contributed by atoms with Gasteiger partial charge in [0.05, 0.1) is 0 Å². The van der Waals surface area contributed by atoms with Gasteiger partial charge in [0, 0.05) is 10.0 Å². The van der Waals surface area contributed by atoms with E-state index in [-0.39, 0.29) is 12.3 Å². The first-order valence-electron chi connectivity index (χ1n) is 6.46. The first-order chi connectivity index (χ1) is 10.1. The van der Waals surface area contributed by atoms with Gasteiger partial charge in [0.2, 0.25) is 0 Å². The summed E-state index contributed by atoms with van der Waals surface area (Å²) < 4.78 is 0. The second kappa shape index (κ2) is 6.20. The van der Waals surface area contributed by atoms with Crippen LogP contribution in [0.4, 0.5) is 0 Å². The molecule has 2 aromatic carbocycles. The molecular weight excluding hydrogens is 325 g/mol. The molecule has 0 radical (unpaired) electrons. The molecule has 0 spiro atoms. The summed E-state index contributed by atoms with van der Waals surface area (Å²) in [4.78, 5) is 0. The van der Waals surface area contributed by atoms with E-state index in [0.717, 1.165) is 11.1 Å². The first kappa shape index (κ1) is 14.6. The van der Waals surface area contributed by atoms with E-state index in [9.17, 15) is 0 Å². The third-order valence-corrected chi connectivity index (χ3v) is 4.03. The van der Waals surface area contributed by atoms with Gasteiger partial charge in [-0.25, -0.2) is 0 Å². The van der Waals surface area contributed by atoms with Crippen molar-refractivity contribution in [1.29, 1.82) is 0 Å². The zero-order valence-corrected chi connectivity index (χ0v) is 13.3. The summed E-state index contributed by atoms with van der Waals surface area (Å²) in [5.41, 5.74) is 2.14. The standard InChI is InChI=1S/C15H13Cl2N3S/c16-11-5-1-9(2-6-11)13-18-14(20-15(21)19-13)10-3-7-12(17)8-4-10/h1-8,13-14,18H,(H2,19,20,21). The molecule has 21 heavy (non-hydrogen) atoms. The molecule has 1 saturated heterocycles. The Kier molecular flexibility index (Phi) is 4.31. The molecule has 108 valence electrons. The Morgan fingerprint density at radius 3 is 1.48 bits per heavy atom. The van der Waals surface area contributed by atoms with Crippen molar-refractivity contribution in [2.75, 3.05) is 0 Å². The lowest BCUT2D eigenvalue weighted by Gasteiger charge is -2.35. The molecule has 0 aliphatic carbocycles. The number of benzene rings is 2. The molecule has 3 N–H and O–H groups in total. The van der Waals surface area contributed by atoms with Crippen LogP contribution in [0.2, 0.25) is 10.0 Å². The predicted octanol–water partition coefficient (Wildman–Crippen LogP) is 3.76. The Bertz CT molecular complexity index is 587. The van der Waals surface area contributed by atoms with Gasteiger partial charge in [-0.3, -0.25) is 5.32 Å². The lowest BCUT2D eigenvalue weighted by atomic mass is 10.1. The fraction of sp³-hybridized carbons (Fsp3) is 0.133. The molecule has 6 heteroatoms. The molecule has 0 bridgehead atoms. The summed E-state index contributed by atoms with van der Waals surface area (Å²) in [6.45, 7) is 0. The summed E-state index contributed by atoms with van der Waals surface area (Å²) in [6.07, 6.45) is -0.145. The SMILES string of the molecule is S=C1NC(c2ccc(Cl)cc2)NC(c2ccc(Cl)cc2)N1. The maximum Gasteiger partial charge on any atom is 0.169 e. The van der Waals surface area contributed by atoms with Crippen molar-refractivity contribution in [2.24, 2.45) is 0 Å². The highest BCUT2D eigenvalue weighted by Gasteiger charge is 2.24. The summed E-state index contributed by atoms with van der Waals surface area (Å²) in [5.74, 6) is 0. The smallest absolute Gasteiger partial charge is 0.169 e. The molecule has 3 nitrogen and oxygen atoms in total. The van der Waals surface area contributed by atoms with Gasteiger partial charge in [-0.05, 0) is 47.6 Å². The number of hydrogen-bond acceptors (Lipinski definition) is 2. The van der Waals surface area contributed by atoms with Crippen LogP contribution in [-0.4, -0.2) is 5.11 Å². The van der Waals surface area contributed by atoms with Crippen LogP contribution in [0, 0.1) is 0 Å². The second-order valence-electron chi connectivity index (χ2n) is 4.75. The van der Waals surface area contributed by atoms with Crippen molar-refractivity contribution >= 4 is 40.5 Å². The molecule has 1 fully saturated rings. The van der Waals surface area contributed by atoms with Gasteiger partial charge >= 0.3 is 0 Å². The van der Waals surface area contributed by atoms with Gasteiger partial charge < -0.3 is 10.6 Å². The molecule has 1 heterocycles. The minimum atomic E-state index is -0.0725. The second-order valence-corrected chi connectivity index (χ2v) is 6.03. The van der Waals surface area contributed by atoms with Gasteiger partial charge in [-0.1, -0.05) is 47.5 Å². The lowest BCUT2D eigenvalue weighted by Crippen LogP contribution is -2.55. The number of hydrogen-bond donors (Lipinski definition) is 3. The van der Waals surface area contributed by atoms with Crippen LogP contribution in [0.5, 0.6) is 0 Å². The molecule has 0 saturated carbocycles. The van der Waals surface area contributed by atoms with Gasteiger partial charge in [-0.2, -0.15) is 0 Å². The number of thiocarbonyl (C=S) groups is 1.